The van der Waals surface area contributed by atoms with E-state index in [1.165, 1.54) is 36.4 Å². The number of aliphatic carboxylic acids is 2. The van der Waals surface area contributed by atoms with Gasteiger partial charge in [0, 0.05) is 11.5 Å². The van der Waals surface area contributed by atoms with E-state index in [0.717, 1.165) is 0 Å². The molecule has 3 rings (SSSR count). The number of thioether (sulfide) groups is 2. The number of carboxylic acids is 2. The highest BCUT2D eigenvalue weighted by Crippen LogP contribution is 2.17. The molecule has 0 radical (unpaired) electrons. The van der Waals surface area contributed by atoms with Crippen molar-refractivity contribution in [1.82, 2.24) is 20.6 Å². The quantitative estimate of drug-likeness (QED) is 0.438. The van der Waals surface area contributed by atoms with Crippen molar-refractivity contribution in [2.75, 3.05) is 11.5 Å². The van der Waals surface area contributed by atoms with Gasteiger partial charge in [-0.1, -0.05) is 35.7 Å². The number of pyridine rings is 2. The molecule has 2 atom stereocenters. The molecule has 2 aromatic rings. The van der Waals surface area contributed by atoms with Crippen molar-refractivity contribution in [2.45, 2.75) is 12.1 Å². The van der Waals surface area contributed by atoms with Gasteiger partial charge in [0.05, 0.1) is 0 Å². The molecule has 4 bridgehead atoms. The van der Waals surface area contributed by atoms with Gasteiger partial charge in [-0.25, -0.2) is 19.6 Å². The molecule has 12 nitrogen and oxygen atoms in total. The molecule has 3 heterocycles. The summed E-state index contributed by atoms with van der Waals surface area (Å²) in [4.78, 5) is 81.0. The van der Waals surface area contributed by atoms with Gasteiger partial charge in [0.1, 0.15) is 34.9 Å². The summed E-state index contributed by atoms with van der Waals surface area (Å²) in [5, 5.41) is 22.1. The Hall–Kier alpha value is -3.78. The summed E-state index contributed by atoms with van der Waals surface area (Å²) in [5.41, 5.74) is -0.819. The van der Waals surface area contributed by atoms with E-state index in [-0.39, 0.29) is 34.3 Å². The first-order valence-corrected chi connectivity index (χ1v) is 11.5. The Morgan fingerprint density at radius 3 is 1.44 bits per heavy atom. The fourth-order valence-corrected chi connectivity index (χ4v) is 4.24. The lowest BCUT2D eigenvalue weighted by atomic mass is 10.2. The molecule has 176 valence electrons. The molecule has 1 aliphatic heterocycles. The average molecular weight is 505 g/mol. The predicted octanol–water partition coefficient (Wildman–Crippen LogP) is 0.303. The maximum atomic E-state index is 12.5. The normalized spacial score (nSPS) is 19.9. The Morgan fingerprint density at radius 2 is 1.06 bits per heavy atom. The van der Waals surface area contributed by atoms with E-state index >= 15 is 0 Å². The van der Waals surface area contributed by atoms with Crippen molar-refractivity contribution in [3.05, 3.63) is 59.2 Å². The summed E-state index contributed by atoms with van der Waals surface area (Å²) < 4.78 is 0. The van der Waals surface area contributed by atoms with Crippen LogP contribution in [0.2, 0.25) is 0 Å². The van der Waals surface area contributed by atoms with Gasteiger partial charge in [0.2, 0.25) is 10.2 Å². The SMILES string of the molecule is O=C1N[C@@H](C(=O)O)CSC(=O)c2cccc(n2)C(=O)SC[C@H](C(=O)O)NC(=O)c2cccc1n2. The summed E-state index contributed by atoms with van der Waals surface area (Å²) in [6.45, 7) is 0. The second-order valence-corrected chi connectivity index (χ2v) is 8.73. The Balaban J connectivity index is 1.97. The van der Waals surface area contributed by atoms with Gasteiger partial charge in [-0.2, -0.15) is 0 Å². The number of carbonyl (C=O) groups excluding carboxylic acids is 4. The van der Waals surface area contributed by atoms with Crippen LogP contribution in [0, 0.1) is 0 Å². The topological polar surface area (TPSA) is 193 Å². The molecule has 14 heteroatoms. The highest BCUT2D eigenvalue weighted by molar-refractivity contribution is 8.14. The third kappa shape index (κ3) is 6.17. The lowest BCUT2D eigenvalue weighted by molar-refractivity contribution is -0.139. The maximum Gasteiger partial charge on any atom is 0.327 e. The molecule has 1 aliphatic rings. The van der Waals surface area contributed by atoms with Gasteiger partial charge in [-0.3, -0.25) is 19.2 Å². The minimum Gasteiger partial charge on any atom is -0.480 e. The van der Waals surface area contributed by atoms with Crippen LogP contribution in [0.4, 0.5) is 0 Å². The van der Waals surface area contributed by atoms with Crippen molar-refractivity contribution >= 4 is 57.5 Å². The molecule has 2 amide bonds. The van der Waals surface area contributed by atoms with Crippen LogP contribution in [0.3, 0.4) is 0 Å². The van der Waals surface area contributed by atoms with E-state index in [0.29, 0.717) is 23.5 Å². The smallest absolute Gasteiger partial charge is 0.327 e. The number of hydrogen-bond acceptors (Lipinski definition) is 10. The number of rotatable bonds is 2. The second-order valence-electron chi connectivity index (χ2n) is 6.74. The largest absolute Gasteiger partial charge is 0.480 e. The van der Waals surface area contributed by atoms with Crippen LogP contribution >= 0.6 is 23.5 Å². The van der Waals surface area contributed by atoms with Gasteiger partial charge in [0.25, 0.3) is 11.8 Å². The fourth-order valence-electron chi connectivity index (χ4n) is 2.63. The Labute approximate surface area is 199 Å². The summed E-state index contributed by atoms with van der Waals surface area (Å²) in [6, 6.07) is 4.90. The van der Waals surface area contributed by atoms with Crippen molar-refractivity contribution < 1.29 is 39.0 Å². The summed E-state index contributed by atoms with van der Waals surface area (Å²) in [7, 11) is 0. The molecule has 0 fully saturated rings. The lowest BCUT2D eigenvalue weighted by Gasteiger charge is -2.15. The second kappa shape index (κ2) is 10.9. The fraction of sp³-hybridized carbons (Fsp3) is 0.200. The van der Waals surface area contributed by atoms with Crippen LogP contribution in [0.5, 0.6) is 0 Å². The van der Waals surface area contributed by atoms with Crippen molar-refractivity contribution in [3.8, 4) is 0 Å². The zero-order valence-electron chi connectivity index (χ0n) is 17.1. The van der Waals surface area contributed by atoms with Crippen LogP contribution in [-0.4, -0.2) is 77.8 Å². The first kappa shape index (κ1) is 24.9. The highest BCUT2D eigenvalue weighted by Gasteiger charge is 2.27. The minimum absolute atomic E-state index is 0.120. The third-order valence-corrected chi connectivity index (χ3v) is 6.29. The van der Waals surface area contributed by atoms with E-state index in [2.05, 4.69) is 20.6 Å². The number of carbonyl (C=O) groups is 6. The molecular formula is C20H16N4O8S2. The molecule has 0 aromatic carbocycles. The first-order chi connectivity index (χ1) is 16.2. The molecule has 0 aliphatic carbocycles. The molecule has 34 heavy (non-hydrogen) atoms. The minimum atomic E-state index is -1.48. The Bertz CT molecular complexity index is 1110. The van der Waals surface area contributed by atoms with Gasteiger partial charge in [-0.05, 0) is 24.3 Å². The van der Waals surface area contributed by atoms with Crippen molar-refractivity contribution in [3.63, 3.8) is 0 Å². The zero-order valence-corrected chi connectivity index (χ0v) is 18.7. The van der Waals surface area contributed by atoms with Crippen molar-refractivity contribution in [1.29, 1.82) is 0 Å². The van der Waals surface area contributed by atoms with E-state index in [4.69, 9.17) is 0 Å². The highest BCUT2D eigenvalue weighted by atomic mass is 32.2. The van der Waals surface area contributed by atoms with E-state index in [9.17, 15) is 39.0 Å². The van der Waals surface area contributed by atoms with Crippen LogP contribution < -0.4 is 10.6 Å². The number of nitrogens with one attached hydrogen (secondary N) is 2. The molecule has 0 unspecified atom stereocenters. The third-order valence-electron chi connectivity index (χ3n) is 4.35. The van der Waals surface area contributed by atoms with Crippen LogP contribution in [0.25, 0.3) is 0 Å². The zero-order chi connectivity index (χ0) is 24.8. The first-order valence-electron chi connectivity index (χ1n) is 9.51. The van der Waals surface area contributed by atoms with E-state index in [1.54, 1.807) is 0 Å². The monoisotopic (exact) mass is 504 g/mol. The molecule has 0 saturated heterocycles. The van der Waals surface area contributed by atoms with Crippen molar-refractivity contribution in [2.24, 2.45) is 0 Å². The molecular weight excluding hydrogens is 488 g/mol. The van der Waals surface area contributed by atoms with Crippen LogP contribution in [0.15, 0.2) is 36.4 Å². The maximum absolute atomic E-state index is 12.5. The standard InChI is InChI=1S/C20H16N4O8S2/c25-15-9-3-1-4-10(21-9)16(26)24-14(18(29)30)8-34-20(32)12-6-2-5-11(22-12)19(31)33-7-13(23-15)17(27)28/h1-6,13-14H,7-8H2,(H,23,25)(H,24,26)(H,27,28)(H,29,30)/t13-,14-/m1/s1. The van der Waals surface area contributed by atoms with Crippen LogP contribution in [-0.2, 0) is 9.59 Å². The summed E-state index contributed by atoms with van der Waals surface area (Å²) >= 11 is 1.17. The molecule has 0 spiro atoms. The average Bonchev–Trinajstić information content (AvgIpc) is 2.82. The number of amides is 2. The summed E-state index contributed by atoms with van der Waals surface area (Å²) in [5.74, 6) is -5.31. The predicted molar refractivity (Wildman–Crippen MR) is 120 cm³/mol. The van der Waals surface area contributed by atoms with E-state index < -0.39 is 46.1 Å². The number of carboxylic acid groups (broad SMARTS) is 2. The van der Waals surface area contributed by atoms with E-state index in [1.807, 2.05) is 0 Å². The van der Waals surface area contributed by atoms with Gasteiger partial charge in [0.15, 0.2) is 0 Å². The van der Waals surface area contributed by atoms with Gasteiger partial charge in [-0.15, -0.1) is 0 Å². The Kier molecular flexibility index (Phi) is 7.96. The number of aromatic nitrogens is 2. The number of fused-ring (bicyclic) bond motifs is 4. The van der Waals surface area contributed by atoms with Gasteiger partial charge < -0.3 is 20.8 Å². The van der Waals surface area contributed by atoms with Gasteiger partial charge >= 0.3 is 11.9 Å². The van der Waals surface area contributed by atoms with Crippen LogP contribution in [0.1, 0.15) is 42.0 Å². The molecule has 4 N–H and O–H groups in total. The lowest BCUT2D eigenvalue weighted by Crippen LogP contribution is -2.44. The molecule has 0 saturated carbocycles. The summed E-state index contributed by atoms with van der Waals surface area (Å²) in [6.07, 6.45) is 0. The Morgan fingerprint density at radius 1 is 0.706 bits per heavy atom. The molecule has 2 aromatic heterocycles. The number of hydrogen-bond donors (Lipinski definition) is 4. The number of nitrogens with zero attached hydrogens (tertiary/aromatic N) is 2.